The molecule has 2 bridgehead atoms. The Balaban J connectivity index is 2.31. The van der Waals surface area contributed by atoms with E-state index in [1.807, 2.05) is 0 Å². The van der Waals surface area contributed by atoms with E-state index in [1.165, 1.54) is 12.8 Å². The van der Waals surface area contributed by atoms with E-state index in [-0.39, 0.29) is 16.9 Å². The monoisotopic (exact) mass is 192 g/mol. The molecule has 0 heterocycles. The molecule has 0 aromatic carbocycles. The number of rotatable bonds is 1. The summed E-state index contributed by atoms with van der Waals surface area (Å²) < 4.78 is 0. The van der Waals surface area contributed by atoms with Gasteiger partial charge in [0.05, 0.1) is 6.10 Å². The molecule has 3 atom stereocenters. The Morgan fingerprint density at radius 1 is 1.50 bits per heavy atom. The molecule has 14 heavy (non-hydrogen) atoms. The zero-order chi connectivity index (χ0) is 10.4. The topological polar surface area (TPSA) is 20.2 Å². The Labute approximate surface area is 86.9 Å². The molecular formula is C13H20O. The summed E-state index contributed by atoms with van der Waals surface area (Å²) in [4.78, 5) is 0. The van der Waals surface area contributed by atoms with Gasteiger partial charge in [-0.2, -0.15) is 0 Å². The zero-order valence-corrected chi connectivity index (χ0v) is 9.21. The minimum Gasteiger partial charge on any atom is -0.392 e. The quantitative estimate of drug-likeness (QED) is 0.633. The van der Waals surface area contributed by atoms with Crippen LogP contribution < -0.4 is 0 Å². The lowest BCUT2D eigenvalue weighted by Crippen LogP contribution is -2.37. The Hall–Kier alpha value is -0.480. The zero-order valence-electron chi connectivity index (χ0n) is 9.21. The Bertz CT molecular complexity index is 273. The van der Waals surface area contributed by atoms with E-state index in [2.05, 4.69) is 19.8 Å². The predicted molar refractivity (Wildman–Crippen MR) is 57.6 cm³/mol. The lowest BCUT2D eigenvalue weighted by Gasteiger charge is -2.37. The molecule has 78 valence electrons. The smallest absolute Gasteiger partial charge is 0.0638 e. The van der Waals surface area contributed by atoms with Gasteiger partial charge >= 0.3 is 0 Å². The van der Waals surface area contributed by atoms with E-state index in [1.54, 1.807) is 0 Å². The van der Waals surface area contributed by atoms with Crippen LogP contribution in [0.3, 0.4) is 0 Å². The fourth-order valence-corrected chi connectivity index (χ4v) is 3.91. The Morgan fingerprint density at radius 2 is 2.21 bits per heavy atom. The van der Waals surface area contributed by atoms with E-state index in [0.29, 0.717) is 5.92 Å². The third-order valence-corrected chi connectivity index (χ3v) is 4.46. The van der Waals surface area contributed by atoms with Crippen molar-refractivity contribution in [3.63, 3.8) is 0 Å². The number of hydrogen-bond acceptors (Lipinski definition) is 1. The highest BCUT2D eigenvalue weighted by atomic mass is 16.3. The number of fused-ring (bicyclic) bond motifs is 2. The molecule has 3 unspecified atom stereocenters. The summed E-state index contributed by atoms with van der Waals surface area (Å²) in [5.41, 5.74) is 0.341. The number of hydrogen-bond donors (Lipinski definition) is 1. The summed E-state index contributed by atoms with van der Waals surface area (Å²) in [6.45, 7) is 4.56. The van der Waals surface area contributed by atoms with Gasteiger partial charge in [0.2, 0.25) is 0 Å². The minimum atomic E-state index is -0.151. The fraction of sp³-hybridized carbons (Fsp3) is 0.846. The van der Waals surface area contributed by atoms with Crippen LogP contribution in [0, 0.1) is 29.1 Å². The fourth-order valence-electron chi connectivity index (χ4n) is 3.91. The van der Waals surface area contributed by atoms with E-state index in [9.17, 15) is 5.11 Å². The van der Waals surface area contributed by atoms with Gasteiger partial charge in [0.1, 0.15) is 0 Å². The maximum absolute atomic E-state index is 10.3. The molecule has 2 rings (SSSR count). The average Bonchev–Trinajstić information content (AvgIpc) is 2.22. The maximum atomic E-state index is 10.3. The summed E-state index contributed by atoms with van der Waals surface area (Å²) in [7, 11) is 0. The van der Waals surface area contributed by atoms with Crippen molar-refractivity contribution >= 4 is 0 Å². The van der Waals surface area contributed by atoms with Crippen LogP contribution in [0.2, 0.25) is 0 Å². The first-order valence-electron chi connectivity index (χ1n) is 5.63. The first kappa shape index (κ1) is 10.1. The molecule has 1 N–H and O–H groups in total. The molecule has 2 aliphatic rings. The molecular weight excluding hydrogens is 172 g/mol. The van der Waals surface area contributed by atoms with Crippen molar-refractivity contribution in [3.8, 4) is 12.3 Å². The second-order valence-electron chi connectivity index (χ2n) is 5.85. The third kappa shape index (κ3) is 1.21. The van der Waals surface area contributed by atoms with Gasteiger partial charge < -0.3 is 5.11 Å². The molecule has 0 amide bonds. The van der Waals surface area contributed by atoms with Gasteiger partial charge in [-0.3, -0.25) is 0 Å². The average molecular weight is 192 g/mol. The molecule has 0 aliphatic heterocycles. The van der Waals surface area contributed by atoms with Gasteiger partial charge in [0.25, 0.3) is 0 Å². The van der Waals surface area contributed by atoms with Gasteiger partial charge in [0.15, 0.2) is 0 Å². The van der Waals surface area contributed by atoms with Crippen molar-refractivity contribution < 1.29 is 5.11 Å². The van der Waals surface area contributed by atoms with Crippen LogP contribution in [-0.2, 0) is 0 Å². The highest BCUT2D eigenvalue weighted by Gasteiger charge is 2.57. The van der Waals surface area contributed by atoms with E-state index < -0.39 is 0 Å². The summed E-state index contributed by atoms with van der Waals surface area (Å²) in [5.74, 6) is 3.24. The van der Waals surface area contributed by atoms with Crippen molar-refractivity contribution in [2.75, 3.05) is 0 Å². The van der Waals surface area contributed by atoms with Crippen LogP contribution in [0.5, 0.6) is 0 Å². The first-order valence-corrected chi connectivity index (χ1v) is 5.63. The lowest BCUT2D eigenvalue weighted by atomic mass is 9.71. The van der Waals surface area contributed by atoms with Gasteiger partial charge in [-0.05, 0) is 30.6 Å². The predicted octanol–water partition coefficient (Wildman–Crippen LogP) is 2.59. The van der Waals surface area contributed by atoms with Crippen molar-refractivity contribution in [2.24, 2.45) is 16.7 Å². The molecule has 0 saturated heterocycles. The molecule has 2 saturated carbocycles. The van der Waals surface area contributed by atoms with E-state index >= 15 is 0 Å². The van der Waals surface area contributed by atoms with Crippen LogP contribution >= 0.6 is 0 Å². The summed E-state index contributed by atoms with van der Waals surface area (Å²) in [6, 6.07) is 0. The largest absolute Gasteiger partial charge is 0.392 e. The van der Waals surface area contributed by atoms with Crippen molar-refractivity contribution in [2.45, 2.75) is 52.1 Å². The van der Waals surface area contributed by atoms with Crippen LogP contribution in [-0.4, -0.2) is 11.2 Å². The van der Waals surface area contributed by atoms with Gasteiger partial charge in [0, 0.05) is 11.8 Å². The SMILES string of the molecule is C#CCC12CCCC(C1O)C(C)(C)C2. The van der Waals surface area contributed by atoms with Crippen LogP contribution in [0.1, 0.15) is 46.0 Å². The lowest BCUT2D eigenvalue weighted by molar-refractivity contribution is -0.0119. The minimum absolute atomic E-state index is 0.0567. The normalized spacial score (nSPS) is 44.7. The standard InChI is InChI=1S/C13H20O/c1-4-7-13-8-5-6-10(11(13)14)12(2,3)9-13/h1,10-11,14H,5-9H2,2-3H3. The van der Waals surface area contributed by atoms with Gasteiger partial charge in [-0.1, -0.05) is 20.3 Å². The van der Waals surface area contributed by atoms with Crippen LogP contribution in [0.25, 0.3) is 0 Å². The van der Waals surface area contributed by atoms with E-state index in [4.69, 9.17) is 6.42 Å². The number of aliphatic hydroxyl groups excluding tert-OH is 1. The van der Waals surface area contributed by atoms with Crippen LogP contribution in [0.15, 0.2) is 0 Å². The molecule has 1 nitrogen and oxygen atoms in total. The van der Waals surface area contributed by atoms with Crippen molar-refractivity contribution in [1.82, 2.24) is 0 Å². The highest BCUT2D eigenvalue weighted by Crippen LogP contribution is 2.61. The van der Waals surface area contributed by atoms with Gasteiger partial charge in [-0.25, -0.2) is 0 Å². The summed E-state index contributed by atoms with van der Waals surface area (Å²) in [6.07, 6.45) is 10.7. The molecule has 0 aromatic rings. The Kier molecular flexibility index (Phi) is 2.16. The molecule has 1 heteroatoms. The van der Waals surface area contributed by atoms with Crippen molar-refractivity contribution in [3.05, 3.63) is 0 Å². The first-order chi connectivity index (χ1) is 6.52. The van der Waals surface area contributed by atoms with Crippen LogP contribution in [0.4, 0.5) is 0 Å². The maximum Gasteiger partial charge on any atom is 0.0638 e. The van der Waals surface area contributed by atoms with Gasteiger partial charge in [-0.15, -0.1) is 12.3 Å². The number of aliphatic hydroxyl groups is 1. The van der Waals surface area contributed by atoms with Crippen molar-refractivity contribution in [1.29, 1.82) is 0 Å². The molecule has 0 spiro atoms. The summed E-state index contributed by atoms with van der Waals surface area (Å²) >= 11 is 0. The third-order valence-electron chi connectivity index (χ3n) is 4.46. The summed E-state index contributed by atoms with van der Waals surface area (Å²) in [5, 5.41) is 10.3. The molecule has 2 aliphatic carbocycles. The second-order valence-corrected chi connectivity index (χ2v) is 5.85. The molecule has 0 aromatic heterocycles. The highest BCUT2D eigenvalue weighted by molar-refractivity contribution is 5.11. The second kappa shape index (κ2) is 3.00. The van der Waals surface area contributed by atoms with E-state index in [0.717, 1.165) is 19.3 Å². The molecule has 2 fully saturated rings. The Morgan fingerprint density at radius 3 is 2.86 bits per heavy atom. The number of terminal acetylenes is 1. The molecule has 0 radical (unpaired) electrons.